The molecular weight excluding hydrogens is 373 g/mol. The first-order valence-corrected chi connectivity index (χ1v) is 8.52. The first kappa shape index (κ1) is 18.0. The van der Waals surface area contributed by atoms with Gasteiger partial charge < -0.3 is 14.7 Å². The van der Waals surface area contributed by atoms with Gasteiger partial charge in [-0.1, -0.05) is 11.2 Å². The highest BCUT2D eigenvalue weighted by Crippen LogP contribution is 2.24. The largest absolute Gasteiger partial charge is 0.376 e. The molecule has 0 radical (unpaired) electrons. The fraction of sp³-hybridized carbons (Fsp3) is 0.211. The van der Waals surface area contributed by atoms with Crippen LogP contribution in [0.25, 0.3) is 11.4 Å². The van der Waals surface area contributed by atoms with Crippen LogP contribution >= 0.6 is 0 Å². The fourth-order valence-electron chi connectivity index (χ4n) is 3.01. The van der Waals surface area contributed by atoms with Gasteiger partial charge in [-0.2, -0.15) is 4.98 Å². The number of halogens is 3. The molecule has 1 N–H and O–H groups in total. The van der Waals surface area contributed by atoms with Crippen LogP contribution in [0.15, 0.2) is 34.9 Å². The average Bonchev–Trinajstić information content (AvgIpc) is 3.16. The number of aromatic nitrogens is 2. The number of carbonyl (C=O) groups is 1. The van der Waals surface area contributed by atoms with E-state index < -0.39 is 17.5 Å². The molecule has 0 aliphatic carbocycles. The van der Waals surface area contributed by atoms with Gasteiger partial charge in [-0.3, -0.25) is 4.79 Å². The van der Waals surface area contributed by atoms with E-state index in [-0.39, 0.29) is 29.7 Å². The molecule has 0 atom stereocenters. The summed E-state index contributed by atoms with van der Waals surface area (Å²) >= 11 is 0. The molecule has 2 aromatic carbocycles. The van der Waals surface area contributed by atoms with E-state index in [0.29, 0.717) is 17.8 Å². The van der Waals surface area contributed by atoms with Gasteiger partial charge in [0.05, 0.1) is 6.54 Å². The Bertz CT molecular complexity index is 1040. The molecule has 28 heavy (non-hydrogen) atoms. The van der Waals surface area contributed by atoms with Crippen LogP contribution in [0.2, 0.25) is 0 Å². The summed E-state index contributed by atoms with van der Waals surface area (Å²) in [6.45, 7) is 0.829. The second kappa shape index (κ2) is 6.99. The second-order valence-corrected chi connectivity index (χ2v) is 6.47. The van der Waals surface area contributed by atoms with Gasteiger partial charge in [-0.05, 0) is 36.2 Å². The van der Waals surface area contributed by atoms with Gasteiger partial charge in [0.1, 0.15) is 0 Å². The number of amides is 1. The number of anilines is 1. The molecule has 3 aromatic rings. The summed E-state index contributed by atoms with van der Waals surface area (Å²) in [5, 5.41) is 6.73. The standard InChI is InChI=1S/C19H15F3N4O2/c1-26-5-4-10-2-3-12(8-13(10)19(26)27)23-9-16-24-18(25-28-16)11-6-14(20)17(22)15(21)7-11/h2-3,6-8,23H,4-5,9H2,1H3. The molecule has 1 aliphatic rings. The minimum atomic E-state index is -1.55. The lowest BCUT2D eigenvalue weighted by Crippen LogP contribution is -2.34. The number of hydrogen-bond acceptors (Lipinski definition) is 5. The van der Waals surface area contributed by atoms with E-state index >= 15 is 0 Å². The molecule has 0 fully saturated rings. The molecule has 0 saturated carbocycles. The van der Waals surface area contributed by atoms with Gasteiger partial charge >= 0.3 is 0 Å². The molecule has 4 rings (SSSR count). The third kappa shape index (κ3) is 3.30. The summed E-state index contributed by atoms with van der Waals surface area (Å²) in [5.74, 6) is -4.14. The Morgan fingerprint density at radius 2 is 1.93 bits per heavy atom. The topological polar surface area (TPSA) is 71.3 Å². The molecule has 0 unspecified atom stereocenters. The van der Waals surface area contributed by atoms with Crippen molar-refractivity contribution in [2.75, 3.05) is 18.9 Å². The maximum absolute atomic E-state index is 13.4. The van der Waals surface area contributed by atoms with E-state index in [0.717, 1.165) is 24.1 Å². The van der Waals surface area contributed by atoms with Crippen molar-refractivity contribution in [2.45, 2.75) is 13.0 Å². The zero-order valence-corrected chi connectivity index (χ0v) is 14.8. The van der Waals surface area contributed by atoms with Crippen molar-refractivity contribution >= 4 is 11.6 Å². The van der Waals surface area contributed by atoms with Gasteiger partial charge in [0.2, 0.25) is 11.7 Å². The number of hydrogen-bond donors (Lipinski definition) is 1. The maximum Gasteiger partial charge on any atom is 0.253 e. The van der Waals surface area contributed by atoms with E-state index in [4.69, 9.17) is 4.52 Å². The van der Waals surface area contributed by atoms with E-state index in [1.807, 2.05) is 12.1 Å². The van der Waals surface area contributed by atoms with Crippen LogP contribution in [-0.2, 0) is 13.0 Å². The third-order valence-electron chi connectivity index (χ3n) is 4.56. The van der Waals surface area contributed by atoms with Crippen LogP contribution in [-0.4, -0.2) is 34.5 Å². The van der Waals surface area contributed by atoms with Crippen LogP contribution in [0.5, 0.6) is 0 Å². The van der Waals surface area contributed by atoms with Gasteiger partial charge in [0, 0.05) is 30.4 Å². The molecule has 1 aliphatic heterocycles. The van der Waals surface area contributed by atoms with Crippen LogP contribution in [0.3, 0.4) is 0 Å². The van der Waals surface area contributed by atoms with Gasteiger partial charge in [-0.25, -0.2) is 13.2 Å². The molecule has 1 amide bonds. The predicted octanol–water partition coefficient (Wildman–Crippen LogP) is 3.39. The summed E-state index contributed by atoms with van der Waals surface area (Å²) in [4.78, 5) is 18.0. The molecule has 0 spiro atoms. The van der Waals surface area contributed by atoms with E-state index in [1.165, 1.54) is 0 Å². The van der Waals surface area contributed by atoms with E-state index in [2.05, 4.69) is 15.5 Å². The molecule has 9 heteroatoms. The quantitative estimate of drug-likeness (QED) is 0.694. The minimum Gasteiger partial charge on any atom is -0.376 e. The lowest BCUT2D eigenvalue weighted by atomic mass is 9.99. The highest BCUT2D eigenvalue weighted by molar-refractivity contribution is 5.97. The van der Waals surface area contributed by atoms with Crippen molar-refractivity contribution in [2.24, 2.45) is 0 Å². The average molecular weight is 388 g/mol. The number of likely N-dealkylation sites (N-methyl/N-ethyl adjacent to an activating group) is 1. The predicted molar refractivity (Wildman–Crippen MR) is 94.0 cm³/mol. The van der Waals surface area contributed by atoms with Crippen LogP contribution in [0.1, 0.15) is 21.8 Å². The number of nitrogens with one attached hydrogen (secondary N) is 1. The lowest BCUT2D eigenvalue weighted by molar-refractivity contribution is 0.0781. The van der Waals surface area contributed by atoms with Crippen LogP contribution in [0.4, 0.5) is 18.9 Å². The molecule has 0 saturated heterocycles. The van der Waals surface area contributed by atoms with Gasteiger partial charge in [0.25, 0.3) is 5.91 Å². The fourth-order valence-corrected chi connectivity index (χ4v) is 3.01. The van der Waals surface area contributed by atoms with Crippen molar-refractivity contribution in [1.82, 2.24) is 15.0 Å². The normalized spacial score (nSPS) is 13.6. The molecule has 6 nitrogen and oxygen atoms in total. The number of nitrogens with zero attached hydrogens (tertiary/aromatic N) is 3. The van der Waals surface area contributed by atoms with Crippen molar-refractivity contribution in [3.63, 3.8) is 0 Å². The first-order valence-electron chi connectivity index (χ1n) is 8.52. The van der Waals surface area contributed by atoms with Crippen molar-refractivity contribution < 1.29 is 22.5 Å². The highest BCUT2D eigenvalue weighted by Gasteiger charge is 2.21. The molecule has 144 valence electrons. The number of fused-ring (bicyclic) bond motifs is 1. The first-order chi connectivity index (χ1) is 13.4. The zero-order chi connectivity index (χ0) is 19.8. The van der Waals surface area contributed by atoms with Crippen LogP contribution in [0, 0.1) is 17.5 Å². The molecule has 0 bridgehead atoms. The third-order valence-corrected chi connectivity index (χ3v) is 4.56. The maximum atomic E-state index is 13.4. The second-order valence-electron chi connectivity index (χ2n) is 6.47. The SMILES string of the molecule is CN1CCc2ccc(NCc3nc(-c4cc(F)c(F)c(F)c4)no3)cc2C1=O. The minimum absolute atomic E-state index is 0.0335. The summed E-state index contributed by atoms with van der Waals surface area (Å²) in [6.07, 6.45) is 0.801. The van der Waals surface area contributed by atoms with E-state index in [1.54, 1.807) is 18.0 Å². The van der Waals surface area contributed by atoms with Crippen LogP contribution < -0.4 is 5.32 Å². The summed E-state index contributed by atoms with van der Waals surface area (Å²) < 4.78 is 44.8. The number of carbonyl (C=O) groups excluding carboxylic acids is 1. The van der Waals surface area contributed by atoms with Crippen molar-refractivity contribution in [1.29, 1.82) is 0 Å². The Morgan fingerprint density at radius 3 is 2.68 bits per heavy atom. The lowest BCUT2D eigenvalue weighted by Gasteiger charge is -2.25. The Hall–Kier alpha value is -3.36. The van der Waals surface area contributed by atoms with Gasteiger partial charge in [-0.15, -0.1) is 0 Å². The van der Waals surface area contributed by atoms with E-state index in [9.17, 15) is 18.0 Å². The summed E-state index contributed by atoms with van der Waals surface area (Å²) in [6, 6.07) is 7.10. The van der Waals surface area contributed by atoms with Gasteiger partial charge in [0.15, 0.2) is 17.5 Å². The summed E-state index contributed by atoms with van der Waals surface area (Å²) in [7, 11) is 1.76. The summed E-state index contributed by atoms with van der Waals surface area (Å²) in [5.41, 5.74) is 2.30. The van der Waals surface area contributed by atoms with Crippen molar-refractivity contribution in [3.8, 4) is 11.4 Å². The van der Waals surface area contributed by atoms with Crippen molar-refractivity contribution in [3.05, 3.63) is 64.8 Å². The Kier molecular flexibility index (Phi) is 4.50. The molecular formula is C19H15F3N4O2. The number of rotatable bonds is 4. The zero-order valence-electron chi connectivity index (χ0n) is 14.8. The Morgan fingerprint density at radius 1 is 1.18 bits per heavy atom. The molecule has 1 aromatic heterocycles. The monoisotopic (exact) mass is 388 g/mol. The Balaban J connectivity index is 1.49. The highest BCUT2D eigenvalue weighted by atomic mass is 19.2. The number of benzene rings is 2. The molecule has 2 heterocycles. The Labute approximate surface area is 158 Å². The smallest absolute Gasteiger partial charge is 0.253 e.